The number of hydrogen-bond acceptors (Lipinski definition) is 3. The van der Waals surface area contributed by atoms with E-state index in [9.17, 15) is 0 Å². The number of ether oxygens (including phenoxy) is 2. The van der Waals surface area contributed by atoms with E-state index in [1.807, 2.05) is 6.07 Å². The molecule has 0 bridgehead atoms. The van der Waals surface area contributed by atoms with Gasteiger partial charge in [0.25, 0.3) is 0 Å². The lowest BCUT2D eigenvalue weighted by molar-refractivity contribution is -0.0257. The predicted molar refractivity (Wildman–Crippen MR) is 74.6 cm³/mol. The van der Waals surface area contributed by atoms with Gasteiger partial charge in [-0.1, -0.05) is 29.8 Å². The summed E-state index contributed by atoms with van der Waals surface area (Å²) in [7, 11) is 1.72. The Balaban J connectivity index is 2.53. The summed E-state index contributed by atoms with van der Waals surface area (Å²) >= 11 is 0. The van der Waals surface area contributed by atoms with E-state index in [0.29, 0.717) is 13.2 Å². The van der Waals surface area contributed by atoms with E-state index in [2.05, 4.69) is 39.0 Å². The van der Waals surface area contributed by atoms with Gasteiger partial charge in [-0.2, -0.15) is 0 Å². The van der Waals surface area contributed by atoms with Gasteiger partial charge in [0.1, 0.15) is 0 Å². The van der Waals surface area contributed by atoms with Crippen LogP contribution in [0, 0.1) is 6.92 Å². The minimum atomic E-state index is -0.147. The van der Waals surface area contributed by atoms with Gasteiger partial charge < -0.3 is 15.2 Å². The number of benzene rings is 1. The van der Waals surface area contributed by atoms with Crippen LogP contribution >= 0.6 is 0 Å². The van der Waals surface area contributed by atoms with Gasteiger partial charge in [-0.3, -0.25) is 0 Å². The number of rotatable bonds is 7. The van der Waals surface area contributed by atoms with Crippen molar-refractivity contribution in [1.29, 1.82) is 0 Å². The van der Waals surface area contributed by atoms with Crippen molar-refractivity contribution >= 4 is 0 Å². The molecule has 0 aromatic heterocycles. The van der Waals surface area contributed by atoms with Gasteiger partial charge in [-0.15, -0.1) is 0 Å². The molecule has 0 radical (unpaired) electrons. The molecule has 102 valence electrons. The zero-order valence-electron chi connectivity index (χ0n) is 11.9. The molecule has 0 saturated heterocycles. The number of hydrogen-bond donors (Lipinski definition) is 1. The van der Waals surface area contributed by atoms with Crippen molar-refractivity contribution in [2.45, 2.75) is 38.9 Å². The average molecular weight is 251 g/mol. The SMILES string of the molecule is COC(C)(C)CCOC(CN)c1cccc(C)c1. The van der Waals surface area contributed by atoms with E-state index >= 15 is 0 Å². The summed E-state index contributed by atoms with van der Waals surface area (Å²) in [6.07, 6.45) is 0.823. The highest BCUT2D eigenvalue weighted by Crippen LogP contribution is 2.20. The Morgan fingerprint density at radius 3 is 2.61 bits per heavy atom. The molecule has 2 N–H and O–H groups in total. The van der Waals surface area contributed by atoms with Gasteiger partial charge in [-0.05, 0) is 32.8 Å². The van der Waals surface area contributed by atoms with Crippen molar-refractivity contribution in [2.24, 2.45) is 5.73 Å². The molecular weight excluding hydrogens is 226 g/mol. The highest BCUT2D eigenvalue weighted by Gasteiger charge is 2.17. The quantitative estimate of drug-likeness (QED) is 0.810. The maximum absolute atomic E-state index is 5.87. The molecule has 0 aliphatic heterocycles. The maximum Gasteiger partial charge on any atom is 0.0947 e. The number of aryl methyl sites for hydroxylation is 1. The van der Waals surface area contributed by atoms with Crippen LogP contribution in [0.15, 0.2) is 24.3 Å². The molecule has 1 rings (SSSR count). The Kier molecular flexibility index (Phi) is 5.79. The molecule has 0 fully saturated rings. The second-order valence-electron chi connectivity index (χ2n) is 5.22. The molecule has 1 unspecified atom stereocenters. The molecule has 1 aromatic rings. The third-order valence-electron chi connectivity index (χ3n) is 3.20. The van der Waals surface area contributed by atoms with Gasteiger partial charge >= 0.3 is 0 Å². The van der Waals surface area contributed by atoms with Crippen LogP contribution in [0.2, 0.25) is 0 Å². The zero-order valence-corrected chi connectivity index (χ0v) is 11.9. The van der Waals surface area contributed by atoms with Crippen LogP contribution in [0.5, 0.6) is 0 Å². The summed E-state index contributed by atoms with van der Waals surface area (Å²) in [5.41, 5.74) is 8.01. The fourth-order valence-electron chi connectivity index (χ4n) is 1.72. The van der Waals surface area contributed by atoms with Crippen molar-refractivity contribution in [2.75, 3.05) is 20.3 Å². The average Bonchev–Trinajstić information content (AvgIpc) is 2.34. The summed E-state index contributed by atoms with van der Waals surface area (Å²) in [5.74, 6) is 0. The smallest absolute Gasteiger partial charge is 0.0947 e. The van der Waals surface area contributed by atoms with Gasteiger partial charge in [0, 0.05) is 13.7 Å². The molecule has 0 heterocycles. The summed E-state index contributed by atoms with van der Waals surface area (Å²) in [6.45, 7) is 7.33. The first-order valence-corrected chi connectivity index (χ1v) is 6.42. The van der Waals surface area contributed by atoms with E-state index in [1.54, 1.807) is 7.11 Å². The molecule has 1 atom stereocenters. The predicted octanol–water partition coefficient (Wildman–Crippen LogP) is 2.83. The lowest BCUT2D eigenvalue weighted by Crippen LogP contribution is -2.26. The third-order valence-corrected chi connectivity index (χ3v) is 3.20. The summed E-state index contributed by atoms with van der Waals surface area (Å²) in [5, 5.41) is 0. The largest absolute Gasteiger partial charge is 0.379 e. The van der Waals surface area contributed by atoms with E-state index in [0.717, 1.165) is 12.0 Å². The molecule has 1 aromatic carbocycles. The van der Waals surface area contributed by atoms with Crippen LogP contribution in [-0.2, 0) is 9.47 Å². The maximum atomic E-state index is 5.87. The van der Waals surface area contributed by atoms with Gasteiger partial charge in [0.05, 0.1) is 18.3 Å². The molecule has 3 nitrogen and oxygen atoms in total. The Hall–Kier alpha value is -0.900. The van der Waals surface area contributed by atoms with E-state index in [1.165, 1.54) is 5.56 Å². The fraction of sp³-hybridized carbons (Fsp3) is 0.600. The van der Waals surface area contributed by atoms with Crippen LogP contribution in [0.1, 0.15) is 37.5 Å². The molecular formula is C15H25NO2. The summed E-state index contributed by atoms with van der Waals surface area (Å²) < 4.78 is 11.2. The van der Waals surface area contributed by atoms with E-state index in [-0.39, 0.29) is 11.7 Å². The lowest BCUT2D eigenvalue weighted by atomic mass is 10.1. The van der Waals surface area contributed by atoms with Gasteiger partial charge in [-0.25, -0.2) is 0 Å². The number of methoxy groups -OCH3 is 1. The molecule has 0 spiro atoms. The first-order valence-electron chi connectivity index (χ1n) is 6.42. The minimum Gasteiger partial charge on any atom is -0.379 e. The molecule has 0 aliphatic rings. The monoisotopic (exact) mass is 251 g/mol. The minimum absolute atomic E-state index is 0.0300. The highest BCUT2D eigenvalue weighted by atomic mass is 16.5. The standard InChI is InChI=1S/C15H25NO2/c1-12-6-5-7-13(10-12)14(11-16)18-9-8-15(2,3)17-4/h5-7,10,14H,8-9,11,16H2,1-4H3. The first-order chi connectivity index (χ1) is 8.48. The van der Waals surface area contributed by atoms with Crippen molar-refractivity contribution in [3.05, 3.63) is 35.4 Å². The van der Waals surface area contributed by atoms with Gasteiger partial charge in [0.2, 0.25) is 0 Å². The lowest BCUT2D eigenvalue weighted by Gasteiger charge is -2.24. The van der Waals surface area contributed by atoms with Gasteiger partial charge in [0.15, 0.2) is 0 Å². The highest BCUT2D eigenvalue weighted by molar-refractivity contribution is 5.24. The topological polar surface area (TPSA) is 44.5 Å². The van der Waals surface area contributed by atoms with Crippen molar-refractivity contribution < 1.29 is 9.47 Å². The third kappa shape index (κ3) is 4.77. The Morgan fingerprint density at radius 1 is 1.33 bits per heavy atom. The van der Waals surface area contributed by atoms with Crippen molar-refractivity contribution in [1.82, 2.24) is 0 Å². The molecule has 0 amide bonds. The molecule has 0 aliphatic carbocycles. The Labute approximate surface area is 110 Å². The first kappa shape index (κ1) is 15.2. The summed E-state index contributed by atoms with van der Waals surface area (Å²) in [4.78, 5) is 0. The summed E-state index contributed by atoms with van der Waals surface area (Å²) in [6, 6.07) is 8.30. The Morgan fingerprint density at radius 2 is 2.06 bits per heavy atom. The van der Waals surface area contributed by atoms with Crippen molar-refractivity contribution in [3.8, 4) is 0 Å². The molecule has 18 heavy (non-hydrogen) atoms. The molecule has 0 saturated carbocycles. The van der Waals surface area contributed by atoms with Crippen LogP contribution < -0.4 is 5.73 Å². The Bertz CT molecular complexity index is 363. The zero-order chi connectivity index (χ0) is 13.6. The fourth-order valence-corrected chi connectivity index (χ4v) is 1.72. The van der Waals surface area contributed by atoms with Crippen LogP contribution in [-0.4, -0.2) is 25.9 Å². The molecule has 3 heteroatoms. The van der Waals surface area contributed by atoms with Crippen molar-refractivity contribution in [3.63, 3.8) is 0 Å². The van der Waals surface area contributed by atoms with Crippen LogP contribution in [0.3, 0.4) is 0 Å². The van der Waals surface area contributed by atoms with Crippen LogP contribution in [0.25, 0.3) is 0 Å². The normalized spacial score (nSPS) is 13.6. The number of nitrogens with two attached hydrogens (primary N) is 1. The second kappa shape index (κ2) is 6.88. The van der Waals surface area contributed by atoms with Crippen LogP contribution in [0.4, 0.5) is 0 Å². The van der Waals surface area contributed by atoms with E-state index < -0.39 is 0 Å². The second-order valence-corrected chi connectivity index (χ2v) is 5.22. The van der Waals surface area contributed by atoms with E-state index in [4.69, 9.17) is 15.2 Å².